The molecule has 0 saturated carbocycles. The number of carbonyl (C=O) groups is 1. The average molecular weight is 301 g/mol. The highest BCUT2D eigenvalue weighted by atomic mass is 16.6. The summed E-state index contributed by atoms with van der Waals surface area (Å²) in [6, 6.07) is 0. The number of carbonyl (C=O) groups excluding carboxylic acids is 1. The number of aliphatic hydroxyl groups is 2. The monoisotopic (exact) mass is 301 g/mol. The van der Waals surface area contributed by atoms with E-state index in [0.29, 0.717) is 45.6 Å². The summed E-state index contributed by atoms with van der Waals surface area (Å²) < 4.78 is 10.7. The van der Waals surface area contributed by atoms with Gasteiger partial charge in [0.05, 0.1) is 12.2 Å². The third-order valence-electron chi connectivity index (χ3n) is 4.62. The smallest absolute Gasteiger partial charge is 0.410 e. The van der Waals surface area contributed by atoms with E-state index in [0.717, 1.165) is 0 Å². The Labute approximate surface area is 126 Å². The second kappa shape index (κ2) is 5.74. The number of hydrogen-bond acceptors (Lipinski definition) is 5. The van der Waals surface area contributed by atoms with E-state index in [1.807, 2.05) is 20.8 Å². The van der Waals surface area contributed by atoms with E-state index < -0.39 is 16.6 Å². The Bertz CT molecular complexity index is 386. The largest absolute Gasteiger partial charge is 0.444 e. The van der Waals surface area contributed by atoms with Crippen molar-refractivity contribution in [2.75, 3.05) is 32.9 Å². The minimum absolute atomic E-state index is 0.136. The van der Waals surface area contributed by atoms with Crippen molar-refractivity contribution in [1.29, 1.82) is 0 Å². The highest BCUT2D eigenvalue weighted by Gasteiger charge is 2.55. The molecule has 2 saturated heterocycles. The fourth-order valence-corrected chi connectivity index (χ4v) is 3.25. The first-order chi connectivity index (χ1) is 9.71. The van der Waals surface area contributed by atoms with Crippen molar-refractivity contribution in [2.45, 2.75) is 51.2 Å². The maximum Gasteiger partial charge on any atom is 0.410 e. The SMILES string of the molecule is CC(C)(C)OC(=O)N1CCC(CO)(C2(O)CCOCC2)C1. The number of amides is 1. The molecule has 0 aromatic carbocycles. The summed E-state index contributed by atoms with van der Waals surface area (Å²) in [7, 11) is 0. The van der Waals surface area contributed by atoms with Gasteiger partial charge in [-0.1, -0.05) is 0 Å². The van der Waals surface area contributed by atoms with Crippen LogP contribution in [-0.2, 0) is 9.47 Å². The number of aliphatic hydroxyl groups excluding tert-OH is 1. The van der Waals surface area contributed by atoms with Crippen molar-refractivity contribution in [3.8, 4) is 0 Å². The van der Waals surface area contributed by atoms with E-state index in [1.165, 1.54) is 0 Å². The number of ether oxygens (including phenoxy) is 2. The molecule has 122 valence electrons. The van der Waals surface area contributed by atoms with Crippen LogP contribution in [0.5, 0.6) is 0 Å². The average Bonchev–Trinajstić information content (AvgIpc) is 2.84. The Morgan fingerprint density at radius 1 is 1.29 bits per heavy atom. The maximum absolute atomic E-state index is 12.2. The fraction of sp³-hybridized carbons (Fsp3) is 0.933. The topological polar surface area (TPSA) is 79.2 Å². The zero-order valence-corrected chi connectivity index (χ0v) is 13.2. The Balaban J connectivity index is 2.08. The minimum atomic E-state index is -0.975. The number of rotatable bonds is 2. The van der Waals surface area contributed by atoms with Gasteiger partial charge in [0.15, 0.2) is 0 Å². The van der Waals surface area contributed by atoms with Crippen LogP contribution < -0.4 is 0 Å². The van der Waals surface area contributed by atoms with Crippen molar-refractivity contribution >= 4 is 6.09 Å². The molecule has 1 atom stereocenters. The molecule has 0 bridgehead atoms. The van der Waals surface area contributed by atoms with Crippen molar-refractivity contribution < 1.29 is 24.5 Å². The van der Waals surface area contributed by atoms with Crippen LogP contribution in [0.1, 0.15) is 40.0 Å². The lowest BCUT2D eigenvalue weighted by Crippen LogP contribution is -2.55. The lowest BCUT2D eigenvalue weighted by atomic mass is 9.67. The molecular weight excluding hydrogens is 274 g/mol. The molecule has 0 spiro atoms. The standard InChI is InChI=1S/C15H27NO5/c1-13(2,3)21-12(18)16-7-4-14(10-16,11-17)15(19)5-8-20-9-6-15/h17,19H,4-11H2,1-3H3. The zero-order valence-electron chi connectivity index (χ0n) is 13.2. The number of nitrogens with zero attached hydrogens (tertiary/aromatic N) is 1. The molecule has 2 rings (SSSR count). The molecule has 0 aromatic heterocycles. The van der Waals surface area contributed by atoms with Crippen molar-refractivity contribution in [2.24, 2.45) is 5.41 Å². The molecule has 2 fully saturated rings. The normalized spacial score (nSPS) is 29.5. The summed E-state index contributed by atoms with van der Waals surface area (Å²) >= 11 is 0. The highest BCUT2D eigenvalue weighted by Crippen LogP contribution is 2.45. The Morgan fingerprint density at radius 2 is 1.90 bits per heavy atom. The molecular formula is C15H27NO5. The summed E-state index contributed by atoms with van der Waals surface area (Å²) in [6.07, 6.45) is 1.19. The van der Waals surface area contributed by atoms with E-state index in [-0.39, 0.29) is 12.7 Å². The lowest BCUT2D eigenvalue weighted by molar-refractivity contribution is -0.154. The molecule has 2 heterocycles. The molecule has 2 aliphatic heterocycles. The first-order valence-electron chi connectivity index (χ1n) is 7.60. The second-order valence-electron chi connectivity index (χ2n) is 7.23. The summed E-state index contributed by atoms with van der Waals surface area (Å²) in [5.74, 6) is 0. The Hall–Kier alpha value is -0.850. The Morgan fingerprint density at radius 3 is 2.43 bits per heavy atom. The lowest BCUT2D eigenvalue weighted by Gasteiger charge is -2.46. The minimum Gasteiger partial charge on any atom is -0.444 e. The third kappa shape index (κ3) is 3.33. The molecule has 2 N–H and O–H groups in total. The molecule has 0 aromatic rings. The van der Waals surface area contributed by atoms with E-state index in [1.54, 1.807) is 4.90 Å². The van der Waals surface area contributed by atoms with E-state index in [2.05, 4.69) is 0 Å². The van der Waals surface area contributed by atoms with Gasteiger partial charge in [-0.05, 0) is 27.2 Å². The van der Waals surface area contributed by atoms with Crippen molar-refractivity contribution in [3.63, 3.8) is 0 Å². The molecule has 21 heavy (non-hydrogen) atoms. The van der Waals surface area contributed by atoms with Crippen LogP contribution in [0.25, 0.3) is 0 Å². The predicted molar refractivity (Wildman–Crippen MR) is 76.9 cm³/mol. The third-order valence-corrected chi connectivity index (χ3v) is 4.62. The van der Waals surface area contributed by atoms with Gasteiger partial charge < -0.3 is 24.6 Å². The first-order valence-corrected chi connectivity index (χ1v) is 7.60. The molecule has 2 aliphatic rings. The Kier molecular flexibility index (Phi) is 4.52. The highest BCUT2D eigenvalue weighted by molar-refractivity contribution is 5.68. The molecule has 0 radical (unpaired) electrons. The summed E-state index contributed by atoms with van der Waals surface area (Å²) in [5.41, 5.74) is -2.19. The van der Waals surface area contributed by atoms with Crippen LogP contribution in [0.15, 0.2) is 0 Å². The molecule has 6 heteroatoms. The van der Waals surface area contributed by atoms with Crippen LogP contribution >= 0.6 is 0 Å². The van der Waals surface area contributed by atoms with Gasteiger partial charge in [0.2, 0.25) is 0 Å². The number of likely N-dealkylation sites (tertiary alicyclic amines) is 1. The van der Waals surface area contributed by atoms with Crippen molar-refractivity contribution in [3.05, 3.63) is 0 Å². The second-order valence-corrected chi connectivity index (χ2v) is 7.23. The van der Waals surface area contributed by atoms with Crippen LogP contribution in [0.2, 0.25) is 0 Å². The first kappa shape index (κ1) is 16.5. The fourth-order valence-electron chi connectivity index (χ4n) is 3.25. The van der Waals surface area contributed by atoms with Gasteiger partial charge >= 0.3 is 6.09 Å². The van der Waals surface area contributed by atoms with Crippen LogP contribution in [0.3, 0.4) is 0 Å². The molecule has 6 nitrogen and oxygen atoms in total. The van der Waals surface area contributed by atoms with E-state index in [9.17, 15) is 15.0 Å². The summed E-state index contributed by atoms with van der Waals surface area (Å²) in [6.45, 7) is 7.15. The quantitative estimate of drug-likeness (QED) is 0.800. The van der Waals surface area contributed by atoms with Gasteiger partial charge in [0.1, 0.15) is 5.60 Å². The summed E-state index contributed by atoms with van der Waals surface area (Å²) in [5, 5.41) is 20.8. The number of hydrogen-bond donors (Lipinski definition) is 2. The van der Waals surface area contributed by atoms with Crippen molar-refractivity contribution in [1.82, 2.24) is 4.90 Å². The predicted octanol–water partition coefficient (Wildman–Crippen LogP) is 1.15. The van der Waals surface area contributed by atoms with E-state index >= 15 is 0 Å². The maximum atomic E-state index is 12.2. The van der Waals surface area contributed by atoms with Gasteiger partial charge in [-0.25, -0.2) is 4.79 Å². The zero-order chi connectivity index (χ0) is 15.7. The van der Waals surface area contributed by atoms with Gasteiger partial charge in [0, 0.05) is 44.6 Å². The van der Waals surface area contributed by atoms with Crippen LogP contribution in [0.4, 0.5) is 4.79 Å². The summed E-state index contributed by atoms with van der Waals surface area (Å²) in [4.78, 5) is 13.8. The van der Waals surface area contributed by atoms with Gasteiger partial charge in [-0.2, -0.15) is 0 Å². The van der Waals surface area contributed by atoms with Crippen LogP contribution in [0, 0.1) is 5.41 Å². The molecule has 0 aliphatic carbocycles. The van der Waals surface area contributed by atoms with E-state index in [4.69, 9.17) is 9.47 Å². The van der Waals surface area contributed by atoms with Crippen LogP contribution in [-0.4, -0.2) is 65.3 Å². The molecule has 1 amide bonds. The molecule has 1 unspecified atom stereocenters. The van der Waals surface area contributed by atoms with Gasteiger partial charge in [-0.3, -0.25) is 0 Å². The van der Waals surface area contributed by atoms with Gasteiger partial charge in [0.25, 0.3) is 0 Å². The van der Waals surface area contributed by atoms with Gasteiger partial charge in [-0.15, -0.1) is 0 Å².